The molecular formula is C30H38ClF3N8O. The van der Waals surface area contributed by atoms with E-state index in [2.05, 4.69) is 38.2 Å². The smallest absolute Gasteiger partial charge is 0.312 e. The first-order chi connectivity index (χ1) is 20.7. The van der Waals surface area contributed by atoms with Crippen molar-refractivity contribution in [2.24, 2.45) is 11.8 Å². The van der Waals surface area contributed by atoms with Crippen molar-refractivity contribution in [2.45, 2.75) is 82.2 Å². The molecule has 43 heavy (non-hydrogen) atoms. The molecule has 1 aromatic carbocycles. The summed E-state index contributed by atoms with van der Waals surface area (Å²) in [6.07, 6.45) is 5.09. The molecule has 0 radical (unpaired) electrons. The van der Waals surface area contributed by atoms with Crippen LogP contribution in [0.5, 0.6) is 0 Å². The van der Waals surface area contributed by atoms with Gasteiger partial charge in [0, 0.05) is 34.8 Å². The van der Waals surface area contributed by atoms with E-state index in [1.807, 2.05) is 0 Å². The van der Waals surface area contributed by atoms with Gasteiger partial charge in [0.15, 0.2) is 5.69 Å². The summed E-state index contributed by atoms with van der Waals surface area (Å²) in [7, 11) is 0. The number of piperidine rings is 2. The SMILES string of the molecule is C[C@@H]1CCC[C@H](n2cnc(-c3cc(Cl)ccc3-n3cc(C(F)(F)F)nn3)cc2=O)C2CC(CCN2)C2NCCCC2NC1. The Morgan fingerprint density at radius 2 is 1.86 bits per heavy atom. The molecule has 3 fully saturated rings. The lowest BCUT2D eigenvalue weighted by molar-refractivity contribution is -0.141. The number of aromatic nitrogens is 5. The molecule has 5 heterocycles. The van der Waals surface area contributed by atoms with Crippen molar-refractivity contribution in [1.29, 1.82) is 0 Å². The van der Waals surface area contributed by atoms with Crippen LogP contribution in [0.1, 0.15) is 63.6 Å². The van der Waals surface area contributed by atoms with Crippen molar-refractivity contribution in [3.05, 3.63) is 57.9 Å². The third-order valence-corrected chi connectivity index (χ3v) is 9.57. The van der Waals surface area contributed by atoms with Crippen LogP contribution in [0, 0.1) is 11.8 Å². The first-order valence-corrected chi connectivity index (χ1v) is 15.6. The Bertz CT molecular complexity index is 1480. The van der Waals surface area contributed by atoms with Gasteiger partial charge in [-0.2, -0.15) is 13.2 Å². The second kappa shape index (κ2) is 12.7. The summed E-state index contributed by atoms with van der Waals surface area (Å²) in [6.45, 7) is 5.22. The van der Waals surface area contributed by atoms with Crippen LogP contribution in [0.15, 0.2) is 41.6 Å². The highest BCUT2D eigenvalue weighted by molar-refractivity contribution is 6.31. The van der Waals surface area contributed by atoms with E-state index in [0.29, 0.717) is 40.2 Å². The van der Waals surface area contributed by atoms with Crippen LogP contribution in [0.3, 0.4) is 0 Å². The molecule has 232 valence electrons. The summed E-state index contributed by atoms with van der Waals surface area (Å²) < 4.78 is 42.4. The van der Waals surface area contributed by atoms with Gasteiger partial charge >= 0.3 is 6.18 Å². The quantitative estimate of drug-likeness (QED) is 0.394. The lowest BCUT2D eigenvalue weighted by atomic mass is 9.77. The highest BCUT2D eigenvalue weighted by Gasteiger charge is 2.38. The fraction of sp³-hybridized carbons (Fsp3) is 0.600. The van der Waals surface area contributed by atoms with E-state index in [-0.39, 0.29) is 23.3 Å². The first-order valence-electron chi connectivity index (χ1n) is 15.3. The fourth-order valence-electron chi connectivity index (χ4n) is 7.13. The standard InChI is InChI=1S/C30H38ClF3N8O/c1-18-4-2-6-26(24-12-19(9-11-35-24)29-22(37-15-18)5-3-10-36-29)41-17-38-23(14-28(41)43)21-13-20(31)7-8-25(21)42-16-27(39-40-42)30(32,33)34/h7-8,13-14,16-19,22,24,26,29,35-37H,2-6,9-12,15H2,1H3/t18-,19?,22?,24?,26+,29?/m1/s1. The molecule has 0 saturated carbocycles. The van der Waals surface area contributed by atoms with Gasteiger partial charge in [0.05, 0.1) is 29.9 Å². The summed E-state index contributed by atoms with van der Waals surface area (Å²) in [5.41, 5.74) is -0.343. The highest BCUT2D eigenvalue weighted by Crippen LogP contribution is 2.34. The van der Waals surface area contributed by atoms with E-state index >= 15 is 0 Å². The molecule has 3 N–H and O–H groups in total. The van der Waals surface area contributed by atoms with E-state index in [0.717, 1.165) is 62.6 Å². The number of halogens is 4. The van der Waals surface area contributed by atoms with Gasteiger partial charge in [-0.1, -0.05) is 30.2 Å². The Morgan fingerprint density at radius 1 is 1.00 bits per heavy atom. The summed E-state index contributed by atoms with van der Waals surface area (Å²) in [6, 6.07) is 7.05. The van der Waals surface area contributed by atoms with Gasteiger partial charge in [-0.3, -0.25) is 9.36 Å². The van der Waals surface area contributed by atoms with Crippen LogP contribution >= 0.6 is 11.6 Å². The van der Waals surface area contributed by atoms with Crippen molar-refractivity contribution in [2.75, 3.05) is 19.6 Å². The van der Waals surface area contributed by atoms with Crippen LogP contribution in [0.25, 0.3) is 16.9 Å². The zero-order valence-corrected chi connectivity index (χ0v) is 24.9. The number of hydrogen-bond acceptors (Lipinski definition) is 7. The molecular weight excluding hydrogens is 581 g/mol. The minimum Gasteiger partial charge on any atom is -0.312 e. The normalized spacial score (nSPS) is 28.9. The molecule has 0 amide bonds. The predicted octanol–water partition coefficient (Wildman–Crippen LogP) is 4.60. The number of fused-ring (bicyclic) bond motifs is 4. The van der Waals surface area contributed by atoms with Gasteiger partial charge in [0.1, 0.15) is 0 Å². The summed E-state index contributed by atoms with van der Waals surface area (Å²) in [4.78, 5) is 18.4. The topological polar surface area (TPSA) is 102 Å². The van der Waals surface area contributed by atoms with Crippen molar-refractivity contribution in [3.63, 3.8) is 0 Å². The Hall–Kier alpha value is -2.80. The molecule has 3 aliphatic rings. The number of alkyl halides is 3. The Kier molecular flexibility index (Phi) is 8.91. The van der Waals surface area contributed by atoms with E-state index in [9.17, 15) is 18.0 Å². The number of benzene rings is 1. The molecule has 6 atom stereocenters. The minimum atomic E-state index is -4.63. The molecule has 3 saturated heterocycles. The molecule has 9 nitrogen and oxygen atoms in total. The number of rotatable bonds is 3. The number of hydrogen-bond donors (Lipinski definition) is 3. The average Bonchev–Trinajstić information content (AvgIpc) is 3.50. The second-order valence-electron chi connectivity index (χ2n) is 12.3. The van der Waals surface area contributed by atoms with Gasteiger partial charge in [-0.15, -0.1) is 5.10 Å². The maximum Gasteiger partial charge on any atom is 0.436 e. The Labute approximate surface area is 253 Å². The Morgan fingerprint density at radius 3 is 2.65 bits per heavy atom. The molecule has 0 spiro atoms. The van der Waals surface area contributed by atoms with Gasteiger partial charge < -0.3 is 16.0 Å². The number of nitrogens with one attached hydrogen (secondary N) is 3. The van der Waals surface area contributed by atoms with Gasteiger partial charge in [0.2, 0.25) is 0 Å². The molecule has 13 heteroatoms. The van der Waals surface area contributed by atoms with Crippen molar-refractivity contribution < 1.29 is 13.2 Å². The van der Waals surface area contributed by atoms with Gasteiger partial charge in [0.25, 0.3) is 5.56 Å². The molecule has 2 aromatic heterocycles. The molecule has 2 bridgehead atoms. The maximum absolute atomic E-state index is 13.8. The largest absolute Gasteiger partial charge is 0.436 e. The zero-order chi connectivity index (χ0) is 30.1. The fourth-order valence-corrected chi connectivity index (χ4v) is 7.30. The summed E-state index contributed by atoms with van der Waals surface area (Å²) >= 11 is 6.28. The van der Waals surface area contributed by atoms with E-state index < -0.39 is 11.9 Å². The molecule has 3 aromatic rings. The first kappa shape index (κ1) is 30.2. The van der Waals surface area contributed by atoms with Gasteiger partial charge in [-0.25, -0.2) is 9.67 Å². The van der Waals surface area contributed by atoms with Crippen molar-refractivity contribution >= 4 is 11.6 Å². The lowest BCUT2D eigenvalue weighted by Crippen LogP contribution is -2.59. The monoisotopic (exact) mass is 618 g/mol. The van der Waals surface area contributed by atoms with E-state index in [4.69, 9.17) is 11.6 Å². The van der Waals surface area contributed by atoms with Crippen molar-refractivity contribution in [1.82, 2.24) is 40.5 Å². The average molecular weight is 619 g/mol. The minimum absolute atomic E-state index is 0.0676. The van der Waals surface area contributed by atoms with E-state index in [1.54, 1.807) is 29.1 Å². The molecule has 0 aliphatic carbocycles. The lowest BCUT2D eigenvalue weighted by Gasteiger charge is -2.44. The van der Waals surface area contributed by atoms with Crippen LogP contribution in [-0.4, -0.2) is 62.3 Å². The molecule has 4 unspecified atom stereocenters. The molecule has 3 aliphatic heterocycles. The molecule has 6 rings (SSSR count). The summed E-state index contributed by atoms with van der Waals surface area (Å²) in [5.74, 6) is 1.03. The van der Waals surface area contributed by atoms with Gasteiger partial charge in [-0.05, 0) is 88.2 Å². The van der Waals surface area contributed by atoms with Crippen LogP contribution in [0.4, 0.5) is 13.2 Å². The van der Waals surface area contributed by atoms with Crippen LogP contribution in [-0.2, 0) is 6.18 Å². The van der Waals surface area contributed by atoms with E-state index in [1.165, 1.54) is 18.9 Å². The predicted molar refractivity (Wildman–Crippen MR) is 158 cm³/mol. The third kappa shape index (κ3) is 6.67. The van der Waals surface area contributed by atoms with Crippen molar-refractivity contribution in [3.8, 4) is 16.9 Å². The number of nitrogens with zero attached hydrogens (tertiary/aromatic N) is 5. The van der Waals surface area contributed by atoms with Crippen LogP contribution < -0.4 is 21.5 Å². The third-order valence-electron chi connectivity index (χ3n) is 9.34. The summed E-state index contributed by atoms with van der Waals surface area (Å²) in [5, 5.41) is 18.7. The maximum atomic E-state index is 13.8. The highest BCUT2D eigenvalue weighted by atomic mass is 35.5. The van der Waals surface area contributed by atoms with Crippen LogP contribution in [0.2, 0.25) is 5.02 Å². The Balaban J connectivity index is 1.32. The second-order valence-corrected chi connectivity index (χ2v) is 12.7. The zero-order valence-electron chi connectivity index (χ0n) is 24.2.